The van der Waals surface area contributed by atoms with E-state index >= 15 is 0 Å². The molecule has 1 aromatic carbocycles. The van der Waals surface area contributed by atoms with Gasteiger partial charge in [-0.15, -0.1) is 0 Å². The van der Waals surface area contributed by atoms with Crippen molar-refractivity contribution in [3.63, 3.8) is 0 Å². The molecule has 1 heterocycles. The Balaban J connectivity index is 2.41. The van der Waals surface area contributed by atoms with Crippen molar-refractivity contribution in [3.05, 3.63) is 29.3 Å². The van der Waals surface area contributed by atoms with Crippen LogP contribution in [0, 0.1) is 5.92 Å². The molecule has 0 saturated carbocycles. The van der Waals surface area contributed by atoms with E-state index < -0.39 is 22.0 Å². The molecule has 1 aliphatic rings. The summed E-state index contributed by atoms with van der Waals surface area (Å²) in [5.74, 6) is -1.36. The number of hydrogen-bond acceptors (Lipinski definition) is 7. The first-order chi connectivity index (χ1) is 11.8. The third-order valence-electron chi connectivity index (χ3n) is 4.15. The van der Waals surface area contributed by atoms with Gasteiger partial charge in [-0.25, -0.2) is 22.7 Å². The monoisotopic (exact) mass is 370 g/mol. The number of piperidine rings is 1. The van der Waals surface area contributed by atoms with E-state index in [1.165, 1.54) is 32.4 Å². The lowest BCUT2D eigenvalue weighted by Crippen LogP contribution is -2.48. The molecule has 1 aliphatic heterocycles. The molecule has 8 nitrogen and oxygen atoms in total. The molecule has 0 radical (unpaired) electrons. The summed E-state index contributed by atoms with van der Waals surface area (Å²) in [4.78, 5) is 23.4. The van der Waals surface area contributed by atoms with Gasteiger partial charge in [0.05, 0.1) is 30.2 Å². The van der Waals surface area contributed by atoms with Crippen LogP contribution in [-0.2, 0) is 19.5 Å². The molecule has 1 saturated heterocycles. The zero-order chi connectivity index (χ0) is 18.6. The van der Waals surface area contributed by atoms with Crippen molar-refractivity contribution in [3.8, 4) is 0 Å². The largest absolute Gasteiger partial charge is 0.465 e. The van der Waals surface area contributed by atoms with Gasteiger partial charge in [-0.3, -0.25) is 0 Å². The van der Waals surface area contributed by atoms with Gasteiger partial charge in [0.25, 0.3) is 0 Å². The maximum atomic E-state index is 12.7. The molecule has 25 heavy (non-hydrogen) atoms. The van der Waals surface area contributed by atoms with Gasteiger partial charge in [0.2, 0.25) is 10.0 Å². The normalized spacial score (nSPS) is 20.8. The molecule has 0 bridgehead atoms. The summed E-state index contributed by atoms with van der Waals surface area (Å²) in [6.45, 7) is 3.38. The number of esters is 2. The van der Waals surface area contributed by atoms with Crippen molar-refractivity contribution in [2.45, 2.75) is 24.3 Å². The Morgan fingerprint density at radius 1 is 1.12 bits per heavy atom. The molecule has 0 amide bonds. The molecule has 138 valence electrons. The quantitative estimate of drug-likeness (QED) is 0.728. The van der Waals surface area contributed by atoms with Crippen LogP contribution in [0.2, 0.25) is 0 Å². The first kappa shape index (κ1) is 19.4. The SMILES string of the molecule is COC(=O)c1cc(C(=O)OC)cc(S(=O)(=O)NC2CCNCC2C)c1. The number of hydrogen-bond donors (Lipinski definition) is 2. The first-order valence-electron chi connectivity index (χ1n) is 7.83. The number of rotatable bonds is 5. The van der Waals surface area contributed by atoms with Gasteiger partial charge < -0.3 is 14.8 Å². The highest BCUT2D eigenvalue weighted by Gasteiger charge is 2.28. The number of ether oxygens (including phenoxy) is 2. The van der Waals surface area contributed by atoms with Gasteiger partial charge in [-0.05, 0) is 43.6 Å². The zero-order valence-electron chi connectivity index (χ0n) is 14.4. The highest BCUT2D eigenvalue weighted by Crippen LogP contribution is 2.20. The zero-order valence-corrected chi connectivity index (χ0v) is 15.2. The Hall–Kier alpha value is -1.97. The lowest BCUT2D eigenvalue weighted by atomic mass is 9.97. The summed E-state index contributed by atoms with van der Waals surface area (Å²) in [5.41, 5.74) is -0.0757. The van der Waals surface area contributed by atoms with E-state index in [1.807, 2.05) is 6.92 Å². The smallest absolute Gasteiger partial charge is 0.337 e. The molecular weight excluding hydrogens is 348 g/mol. The predicted octanol–water partition coefficient (Wildman–Crippen LogP) is 0.536. The van der Waals surface area contributed by atoms with Crippen molar-refractivity contribution in [2.24, 2.45) is 5.92 Å². The molecule has 1 aromatic rings. The van der Waals surface area contributed by atoms with Gasteiger partial charge in [-0.2, -0.15) is 0 Å². The summed E-state index contributed by atoms with van der Waals surface area (Å²) in [7, 11) is -1.56. The van der Waals surface area contributed by atoms with E-state index in [0.717, 1.165) is 0 Å². The molecule has 2 N–H and O–H groups in total. The van der Waals surface area contributed by atoms with Crippen LogP contribution in [0.15, 0.2) is 23.1 Å². The molecule has 2 unspecified atom stereocenters. The second kappa shape index (κ2) is 7.94. The van der Waals surface area contributed by atoms with Crippen molar-refractivity contribution >= 4 is 22.0 Å². The lowest BCUT2D eigenvalue weighted by molar-refractivity contribution is 0.0598. The topological polar surface area (TPSA) is 111 Å². The number of carbonyl (C=O) groups excluding carboxylic acids is 2. The third kappa shape index (κ3) is 4.56. The van der Waals surface area contributed by atoms with Gasteiger partial charge in [0.1, 0.15) is 0 Å². The van der Waals surface area contributed by atoms with Crippen LogP contribution < -0.4 is 10.0 Å². The Labute approximate surface area is 146 Å². The molecular formula is C16H22N2O6S. The Morgan fingerprint density at radius 3 is 2.16 bits per heavy atom. The van der Waals surface area contributed by atoms with Crippen LogP contribution in [0.3, 0.4) is 0 Å². The molecule has 2 atom stereocenters. The molecule has 1 fully saturated rings. The minimum atomic E-state index is -3.91. The number of benzene rings is 1. The molecule has 0 aromatic heterocycles. The van der Waals surface area contributed by atoms with Crippen molar-refractivity contribution < 1.29 is 27.5 Å². The fourth-order valence-corrected chi connectivity index (χ4v) is 4.13. The summed E-state index contributed by atoms with van der Waals surface area (Å²) in [6.07, 6.45) is 0.654. The second-order valence-electron chi connectivity index (χ2n) is 5.93. The van der Waals surface area contributed by atoms with Gasteiger partial charge >= 0.3 is 11.9 Å². The van der Waals surface area contributed by atoms with E-state index in [0.29, 0.717) is 19.5 Å². The van der Waals surface area contributed by atoms with Gasteiger partial charge in [-0.1, -0.05) is 6.92 Å². The average molecular weight is 370 g/mol. The first-order valence-corrected chi connectivity index (χ1v) is 9.31. The van der Waals surface area contributed by atoms with Crippen LogP contribution in [0.5, 0.6) is 0 Å². The average Bonchev–Trinajstić information content (AvgIpc) is 2.61. The van der Waals surface area contributed by atoms with Gasteiger partial charge in [0, 0.05) is 6.04 Å². The number of methoxy groups -OCH3 is 2. The molecule has 0 aliphatic carbocycles. The Kier molecular flexibility index (Phi) is 6.15. The summed E-state index contributed by atoms with van der Waals surface area (Å²) in [6, 6.07) is 3.39. The summed E-state index contributed by atoms with van der Waals surface area (Å²) < 4.78 is 37.4. The highest BCUT2D eigenvalue weighted by atomic mass is 32.2. The number of sulfonamides is 1. The maximum absolute atomic E-state index is 12.7. The van der Waals surface area contributed by atoms with Crippen LogP contribution in [0.4, 0.5) is 0 Å². The van der Waals surface area contributed by atoms with Crippen molar-refractivity contribution in [1.82, 2.24) is 10.0 Å². The van der Waals surface area contributed by atoms with E-state index in [2.05, 4.69) is 19.5 Å². The number of nitrogens with one attached hydrogen (secondary N) is 2. The minimum Gasteiger partial charge on any atom is -0.465 e. The second-order valence-corrected chi connectivity index (χ2v) is 7.64. The highest BCUT2D eigenvalue weighted by molar-refractivity contribution is 7.89. The fourth-order valence-electron chi connectivity index (χ4n) is 2.68. The van der Waals surface area contributed by atoms with E-state index in [9.17, 15) is 18.0 Å². The Morgan fingerprint density at radius 2 is 1.68 bits per heavy atom. The van der Waals surface area contributed by atoms with Crippen LogP contribution in [0.1, 0.15) is 34.1 Å². The third-order valence-corrected chi connectivity index (χ3v) is 5.62. The van der Waals surface area contributed by atoms with Crippen LogP contribution >= 0.6 is 0 Å². The van der Waals surface area contributed by atoms with E-state index in [1.54, 1.807) is 0 Å². The molecule has 9 heteroatoms. The fraction of sp³-hybridized carbons (Fsp3) is 0.500. The number of carbonyl (C=O) groups is 2. The standard InChI is InChI=1S/C16H22N2O6S/c1-10-9-17-5-4-14(10)18-25(21,22)13-7-11(15(19)23-2)6-12(8-13)16(20)24-3/h6-8,10,14,17-18H,4-5,9H2,1-3H3. The summed E-state index contributed by atoms with van der Waals surface area (Å²) in [5, 5.41) is 3.20. The van der Waals surface area contributed by atoms with Crippen LogP contribution in [-0.4, -0.2) is 53.7 Å². The molecule has 2 rings (SSSR count). The lowest BCUT2D eigenvalue weighted by Gasteiger charge is -2.30. The Bertz CT molecular complexity index is 728. The van der Waals surface area contributed by atoms with Crippen molar-refractivity contribution in [2.75, 3.05) is 27.3 Å². The van der Waals surface area contributed by atoms with E-state index in [-0.39, 0.29) is 28.0 Å². The van der Waals surface area contributed by atoms with Gasteiger partial charge in [0.15, 0.2) is 0 Å². The van der Waals surface area contributed by atoms with E-state index in [4.69, 9.17) is 0 Å². The minimum absolute atomic E-state index is 0.0378. The predicted molar refractivity (Wildman–Crippen MR) is 89.9 cm³/mol. The maximum Gasteiger partial charge on any atom is 0.337 e. The molecule has 0 spiro atoms. The van der Waals surface area contributed by atoms with Crippen molar-refractivity contribution in [1.29, 1.82) is 0 Å². The summed E-state index contributed by atoms with van der Waals surface area (Å²) >= 11 is 0. The van der Waals surface area contributed by atoms with Crippen LogP contribution in [0.25, 0.3) is 0 Å².